The molecule has 1 N–H and O–H groups in total. The molecule has 1 saturated heterocycles. The minimum atomic E-state index is 0. The van der Waals surface area contributed by atoms with Crippen molar-refractivity contribution >= 4 is 18.3 Å². The molecule has 1 aliphatic heterocycles. The Kier molecular flexibility index (Phi) is 7.80. The van der Waals surface area contributed by atoms with Crippen LogP contribution in [0.2, 0.25) is 0 Å². The number of hydrogen-bond donors (Lipinski definition) is 1. The van der Waals surface area contributed by atoms with Crippen molar-refractivity contribution in [2.24, 2.45) is 11.8 Å². The third-order valence-electron chi connectivity index (χ3n) is 3.11. The van der Waals surface area contributed by atoms with Gasteiger partial charge < -0.3 is 10.2 Å². The summed E-state index contributed by atoms with van der Waals surface area (Å²) < 4.78 is 0. The van der Waals surface area contributed by atoms with Crippen molar-refractivity contribution in [2.45, 2.75) is 46.6 Å². The standard InChI is InChI=1S/C13H26N2O.ClH/c1-10(2)9-15(11(3)4)13(16)12-6-5-7-14-8-12;/h10-12,14H,5-9H2,1-4H3;1H. The summed E-state index contributed by atoms with van der Waals surface area (Å²) in [7, 11) is 0. The van der Waals surface area contributed by atoms with Gasteiger partial charge in [0.1, 0.15) is 0 Å². The first-order valence-electron chi connectivity index (χ1n) is 6.53. The van der Waals surface area contributed by atoms with E-state index < -0.39 is 0 Å². The van der Waals surface area contributed by atoms with Gasteiger partial charge in [0.05, 0.1) is 5.92 Å². The molecule has 102 valence electrons. The van der Waals surface area contributed by atoms with E-state index in [-0.39, 0.29) is 18.3 Å². The topological polar surface area (TPSA) is 32.3 Å². The third-order valence-corrected chi connectivity index (χ3v) is 3.11. The fraction of sp³-hybridized carbons (Fsp3) is 0.923. The van der Waals surface area contributed by atoms with Crippen molar-refractivity contribution in [1.29, 1.82) is 0 Å². The van der Waals surface area contributed by atoms with Gasteiger partial charge in [-0.2, -0.15) is 0 Å². The maximum atomic E-state index is 12.4. The van der Waals surface area contributed by atoms with Crippen LogP contribution in [0.5, 0.6) is 0 Å². The molecular formula is C13H27ClN2O. The lowest BCUT2D eigenvalue weighted by molar-refractivity contribution is -0.138. The van der Waals surface area contributed by atoms with Gasteiger partial charge in [-0.05, 0) is 39.2 Å². The normalized spacial score (nSPS) is 20.2. The number of amides is 1. The molecule has 1 amide bonds. The zero-order valence-electron chi connectivity index (χ0n) is 11.5. The lowest BCUT2D eigenvalue weighted by Gasteiger charge is -2.33. The first-order valence-corrected chi connectivity index (χ1v) is 6.53. The van der Waals surface area contributed by atoms with Gasteiger partial charge in [-0.3, -0.25) is 4.79 Å². The second kappa shape index (κ2) is 7.93. The Morgan fingerprint density at radius 3 is 2.41 bits per heavy atom. The molecule has 0 radical (unpaired) electrons. The van der Waals surface area contributed by atoms with Crippen LogP contribution in [0.3, 0.4) is 0 Å². The maximum absolute atomic E-state index is 12.4. The van der Waals surface area contributed by atoms with Crippen molar-refractivity contribution < 1.29 is 4.79 Å². The van der Waals surface area contributed by atoms with Crippen LogP contribution in [-0.4, -0.2) is 36.5 Å². The highest BCUT2D eigenvalue weighted by Crippen LogP contribution is 2.16. The van der Waals surface area contributed by atoms with E-state index >= 15 is 0 Å². The number of carbonyl (C=O) groups excluding carboxylic acids is 1. The molecule has 1 aliphatic rings. The average molecular weight is 263 g/mol. The number of carbonyl (C=O) groups is 1. The lowest BCUT2D eigenvalue weighted by atomic mass is 9.97. The molecule has 0 spiro atoms. The molecule has 0 saturated carbocycles. The summed E-state index contributed by atoms with van der Waals surface area (Å²) in [5.41, 5.74) is 0. The molecule has 17 heavy (non-hydrogen) atoms. The fourth-order valence-corrected chi connectivity index (χ4v) is 2.25. The highest BCUT2D eigenvalue weighted by atomic mass is 35.5. The molecule has 0 aromatic rings. The summed E-state index contributed by atoms with van der Waals surface area (Å²) in [5.74, 6) is 1.09. The van der Waals surface area contributed by atoms with Gasteiger partial charge in [0.15, 0.2) is 0 Å². The molecule has 1 rings (SSSR count). The number of rotatable bonds is 4. The van der Waals surface area contributed by atoms with Crippen LogP contribution < -0.4 is 5.32 Å². The highest BCUT2D eigenvalue weighted by molar-refractivity contribution is 5.85. The van der Waals surface area contributed by atoms with E-state index in [1.807, 2.05) is 4.90 Å². The van der Waals surface area contributed by atoms with Gasteiger partial charge in [0.25, 0.3) is 0 Å². The summed E-state index contributed by atoms with van der Waals surface area (Å²) >= 11 is 0. The average Bonchev–Trinajstić information content (AvgIpc) is 2.25. The predicted molar refractivity (Wildman–Crippen MR) is 74.5 cm³/mol. The SMILES string of the molecule is CC(C)CN(C(=O)C1CCCNC1)C(C)C.Cl. The molecule has 0 aliphatic carbocycles. The molecule has 0 bridgehead atoms. The minimum Gasteiger partial charge on any atom is -0.340 e. The number of halogens is 1. The van der Waals surface area contributed by atoms with Crippen LogP contribution in [0, 0.1) is 11.8 Å². The van der Waals surface area contributed by atoms with E-state index in [2.05, 4.69) is 33.0 Å². The number of hydrogen-bond acceptors (Lipinski definition) is 2. The monoisotopic (exact) mass is 262 g/mol. The fourth-order valence-electron chi connectivity index (χ4n) is 2.25. The van der Waals surface area contributed by atoms with Gasteiger partial charge in [-0.25, -0.2) is 0 Å². The first-order chi connectivity index (χ1) is 7.52. The maximum Gasteiger partial charge on any atom is 0.227 e. The van der Waals surface area contributed by atoms with Gasteiger partial charge >= 0.3 is 0 Å². The quantitative estimate of drug-likeness (QED) is 0.843. The van der Waals surface area contributed by atoms with Gasteiger partial charge in [-0.1, -0.05) is 13.8 Å². The van der Waals surface area contributed by atoms with Crippen LogP contribution in [0.25, 0.3) is 0 Å². The highest BCUT2D eigenvalue weighted by Gasteiger charge is 2.27. The molecule has 1 fully saturated rings. The number of piperidine rings is 1. The van der Waals surface area contributed by atoms with Crippen molar-refractivity contribution in [3.05, 3.63) is 0 Å². The molecular weight excluding hydrogens is 236 g/mol. The van der Waals surface area contributed by atoms with Crippen LogP contribution >= 0.6 is 12.4 Å². The van der Waals surface area contributed by atoms with E-state index in [1.54, 1.807) is 0 Å². The van der Waals surface area contributed by atoms with Crippen LogP contribution in [0.4, 0.5) is 0 Å². The smallest absolute Gasteiger partial charge is 0.227 e. The molecule has 1 atom stereocenters. The summed E-state index contributed by atoms with van der Waals surface area (Å²) in [6.07, 6.45) is 2.18. The van der Waals surface area contributed by atoms with E-state index in [0.717, 1.165) is 32.5 Å². The molecule has 1 heterocycles. The summed E-state index contributed by atoms with van der Waals surface area (Å²) in [6.45, 7) is 11.4. The van der Waals surface area contributed by atoms with Crippen LogP contribution in [0.15, 0.2) is 0 Å². The molecule has 4 heteroatoms. The first kappa shape index (κ1) is 16.7. The van der Waals surface area contributed by atoms with Crippen molar-refractivity contribution in [2.75, 3.05) is 19.6 Å². The van der Waals surface area contributed by atoms with Gasteiger partial charge in [0, 0.05) is 19.1 Å². The Labute approximate surface area is 112 Å². The second-order valence-electron chi connectivity index (χ2n) is 5.52. The second-order valence-corrected chi connectivity index (χ2v) is 5.52. The molecule has 3 nitrogen and oxygen atoms in total. The number of nitrogens with zero attached hydrogens (tertiary/aromatic N) is 1. The minimum absolute atomic E-state index is 0. The lowest BCUT2D eigenvalue weighted by Crippen LogP contribution is -2.47. The van der Waals surface area contributed by atoms with Crippen LogP contribution in [0.1, 0.15) is 40.5 Å². The van der Waals surface area contributed by atoms with E-state index in [0.29, 0.717) is 17.9 Å². The van der Waals surface area contributed by atoms with Crippen molar-refractivity contribution in [3.8, 4) is 0 Å². The van der Waals surface area contributed by atoms with E-state index in [9.17, 15) is 4.79 Å². The number of nitrogens with one attached hydrogen (secondary N) is 1. The van der Waals surface area contributed by atoms with Crippen LogP contribution in [-0.2, 0) is 4.79 Å². The van der Waals surface area contributed by atoms with Crippen molar-refractivity contribution in [1.82, 2.24) is 10.2 Å². The zero-order valence-corrected chi connectivity index (χ0v) is 12.3. The summed E-state index contributed by atoms with van der Waals surface area (Å²) in [6, 6.07) is 0.317. The van der Waals surface area contributed by atoms with Gasteiger partial charge in [-0.15, -0.1) is 12.4 Å². The molecule has 0 aromatic heterocycles. The Balaban J connectivity index is 0.00000256. The third kappa shape index (κ3) is 5.26. The zero-order chi connectivity index (χ0) is 12.1. The Bertz CT molecular complexity index is 225. The molecule has 1 unspecified atom stereocenters. The van der Waals surface area contributed by atoms with Gasteiger partial charge in [0.2, 0.25) is 5.91 Å². The predicted octanol–water partition coefficient (Wildman–Crippen LogP) is 2.30. The molecule has 0 aromatic carbocycles. The Hall–Kier alpha value is -0.280. The van der Waals surface area contributed by atoms with E-state index in [4.69, 9.17) is 0 Å². The summed E-state index contributed by atoms with van der Waals surface area (Å²) in [4.78, 5) is 14.4. The van der Waals surface area contributed by atoms with E-state index in [1.165, 1.54) is 0 Å². The van der Waals surface area contributed by atoms with Crippen molar-refractivity contribution in [3.63, 3.8) is 0 Å². The largest absolute Gasteiger partial charge is 0.340 e. The Morgan fingerprint density at radius 2 is 2.00 bits per heavy atom. The summed E-state index contributed by atoms with van der Waals surface area (Å²) in [5, 5.41) is 3.32. The Morgan fingerprint density at radius 1 is 1.35 bits per heavy atom.